The first kappa shape index (κ1) is 13.0. The van der Waals surface area contributed by atoms with Gasteiger partial charge < -0.3 is 15.2 Å². The monoisotopic (exact) mass is 257 g/mol. The van der Waals surface area contributed by atoms with Crippen LogP contribution in [0.4, 0.5) is 5.69 Å². The molecule has 0 saturated heterocycles. The van der Waals surface area contributed by atoms with Crippen LogP contribution in [0.5, 0.6) is 11.5 Å². The summed E-state index contributed by atoms with van der Waals surface area (Å²) >= 11 is 0. The molecular formula is C15H15NO3. The number of rotatable bonds is 4. The van der Waals surface area contributed by atoms with Gasteiger partial charge in [0, 0.05) is 18.3 Å². The summed E-state index contributed by atoms with van der Waals surface area (Å²) in [6.07, 6.45) is 0. The minimum atomic E-state index is -0.577. The van der Waals surface area contributed by atoms with Crippen LogP contribution in [-0.4, -0.2) is 17.6 Å². The third-order valence-electron chi connectivity index (χ3n) is 2.55. The number of phenolic OH excluding ortho intramolecular Hbond substituents is 1. The van der Waals surface area contributed by atoms with Gasteiger partial charge in [-0.1, -0.05) is 18.2 Å². The predicted octanol–water partition coefficient (Wildman–Crippen LogP) is 3.04. The molecule has 0 bridgehead atoms. The minimum absolute atomic E-state index is 0.0978. The Hall–Kier alpha value is -2.49. The van der Waals surface area contributed by atoms with Gasteiger partial charge in [0.2, 0.25) is 0 Å². The van der Waals surface area contributed by atoms with Gasteiger partial charge in [-0.2, -0.15) is 0 Å². The molecule has 0 heterocycles. The third kappa shape index (κ3) is 3.25. The Bertz CT molecular complexity index is 567. The van der Waals surface area contributed by atoms with Gasteiger partial charge in [-0.3, -0.25) is 0 Å². The van der Waals surface area contributed by atoms with Crippen molar-refractivity contribution in [1.82, 2.24) is 0 Å². The predicted molar refractivity (Wildman–Crippen MR) is 73.7 cm³/mol. The molecule has 19 heavy (non-hydrogen) atoms. The molecule has 4 nitrogen and oxygen atoms in total. The summed E-state index contributed by atoms with van der Waals surface area (Å²) in [5, 5.41) is 12.9. The van der Waals surface area contributed by atoms with E-state index in [1.54, 1.807) is 36.4 Å². The zero-order valence-corrected chi connectivity index (χ0v) is 10.6. The lowest BCUT2D eigenvalue weighted by molar-refractivity contribution is 0.0732. The molecule has 98 valence electrons. The molecular weight excluding hydrogens is 242 g/mol. The standard InChI is InChI=1S/C15H15NO3/c1-2-16-11-8-9-13(14(17)10-11)15(18)19-12-6-4-3-5-7-12/h3-10,16-17H,2H2,1H3. The summed E-state index contributed by atoms with van der Waals surface area (Å²) in [7, 11) is 0. The van der Waals surface area contributed by atoms with Crippen molar-refractivity contribution in [3.8, 4) is 11.5 Å². The molecule has 0 atom stereocenters. The van der Waals surface area contributed by atoms with E-state index in [1.807, 2.05) is 13.0 Å². The van der Waals surface area contributed by atoms with Crippen molar-refractivity contribution in [1.29, 1.82) is 0 Å². The second kappa shape index (κ2) is 5.91. The summed E-state index contributed by atoms with van der Waals surface area (Å²) in [6, 6.07) is 13.5. The van der Waals surface area contributed by atoms with Gasteiger partial charge in [0.25, 0.3) is 0 Å². The highest BCUT2D eigenvalue weighted by atomic mass is 16.5. The Balaban J connectivity index is 2.15. The number of carbonyl (C=O) groups excluding carboxylic acids is 1. The summed E-state index contributed by atoms with van der Waals surface area (Å²) in [5.74, 6) is -0.228. The molecule has 2 aromatic carbocycles. The van der Waals surface area contributed by atoms with Crippen molar-refractivity contribution >= 4 is 11.7 Å². The van der Waals surface area contributed by atoms with Gasteiger partial charge in [0.1, 0.15) is 17.1 Å². The normalized spacial score (nSPS) is 9.95. The topological polar surface area (TPSA) is 58.6 Å². The molecule has 2 N–H and O–H groups in total. The van der Waals surface area contributed by atoms with E-state index in [0.717, 1.165) is 12.2 Å². The van der Waals surface area contributed by atoms with Crippen LogP contribution in [0.15, 0.2) is 48.5 Å². The first-order valence-corrected chi connectivity index (χ1v) is 6.05. The molecule has 0 radical (unpaired) electrons. The fraction of sp³-hybridized carbons (Fsp3) is 0.133. The highest BCUT2D eigenvalue weighted by Gasteiger charge is 2.13. The van der Waals surface area contributed by atoms with Crippen LogP contribution >= 0.6 is 0 Å². The van der Waals surface area contributed by atoms with Crippen LogP contribution in [-0.2, 0) is 0 Å². The van der Waals surface area contributed by atoms with Crippen LogP contribution in [0, 0.1) is 0 Å². The molecule has 0 unspecified atom stereocenters. The lowest BCUT2D eigenvalue weighted by atomic mass is 10.2. The van der Waals surface area contributed by atoms with Gasteiger partial charge in [-0.15, -0.1) is 0 Å². The summed E-state index contributed by atoms with van der Waals surface area (Å²) < 4.78 is 5.16. The molecule has 0 fully saturated rings. The summed E-state index contributed by atoms with van der Waals surface area (Å²) in [6.45, 7) is 2.70. The number of para-hydroxylation sites is 1. The van der Waals surface area contributed by atoms with Gasteiger partial charge in [-0.25, -0.2) is 4.79 Å². The van der Waals surface area contributed by atoms with Gasteiger partial charge in [0.05, 0.1) is 0 Å². The number of phenols is 1. The second-order valence-electron chi connectivity index (χ2n) is 3.96. The zero-order chi connectivity index (χ0) is 13.7. The quantitative estimate of drug-likeness (QED) is 0.653. The first-order chi connectivity index (χ1) is 9.20. The smallest absolute Gasteiger partial charge is 0.347 e. The molecule has 2 rings (SSSR count). The van der Waals surface area contributed by atoms with Crippen molar-refractivity contribution in [2.24, 2.45) is 0 Å². The molecule has 2 aromatic rings. The summed E-state index contributed by atoms with van der Waals surface area (Å²) in [4.78, 5) is 11.9. The van der Waals surface area contributed by atoms with Crippen LogP contribution in [0.25, 0.3) is 0 Å². The number of carbonyl (C=O) groups is 1. The van der Waals surface area contributed by atoms with E-state index in [0.29, 0.717) is 5.75 Å². The number of nitrogens with one attached hydrogen (secondary N) is 1. The SMILES string of the molecule is CCNc1ccc(C(=O)Oc2ccccc2)c(O)c1. The molecule has 0 amide bonds. The van der Waals surface area contributed by atoms with E-state index < -0.39 is 5.97 Å². The maximum atomic E-state index is 11.9. The average molecular weight is 257 g/mol. The Labute approximate surface area is 111 Å². The van der Waals surface area contributed by atoms with E-state index in [4.69, 9.17) is 4.74 Å². The zero-order valence-electron chi connectivity index (χ0n) is 10.6. The number of esters is 1. The second-order valence-corrected chi connectivity index (χ2v) is 3.96. The number of benzene rings is 2. The Kier molecular flexibility index (Phi) is 4.03. The van der Waals surface area contributed by atoms with Crippen molar-refractivity contribution < 1.29 is 14.6 Å². The maximum Gasteiger partial charge on any atom is 0.347 e. The number of hydrogen-bond donors (Lipinski definition) is 2. The average Bonchev–Trinajstić information content (AvgIpc) is 2.40. The fourth-order valence-corrected chi connectivity index (χ4v) is 1.67. The number of hydrogen-bond acceptors (Lipinski definition) is 4. The molecule has 4 heteroatoms. The molecule has 0 aliphatic carbocycles. The molecule has 0 aliphatic heterocycles. The molecule has 0 spiro atoms. The largest absolute Gasteiger partial charge is 0.507 e. The Morgan fingerprint density at radius 1 is 1.21 bits per heavy atom. The van der Waals surface area contributed by atoms with Crippen LogP contribution in [0.1, 0.15) is 17.3 Å². The highest BCUT2D eigenvalue weighted by Crippen LogP contribution is 2.23. The Morgan fingerprint density at radius 2 is 1.95 bits per heavy atom. The fourth-order valence-electron chi connectivity index (χ4n) is 1.67. The van der Waals surface area contributed by atoms with Gasteiger partial charge in [-0.05, 0) is 31.2 Å². The molecule has 0 aromatic heterocycles. The lowest BCUT2D eigenvalue weighted by Crippen LogP contribution is -2.09. The van der Waals surface area contributed by atoms with Crippen molar-refractivity contribution in [2.75, 3.05) is 11.9 Å². The van der Waals surface area contributed by atoms with E-state index in [2.05, 4.69) is 5.32 Å². The maximum absolute atomic E-state index is 11.9. The van der Waals surface area contributed by atoms with Crippen LogP contribution in [0.2, 0.25) is 0 Å². The molecule has 0 aliphatic rings. The lowest BCUT2D eigenvalue weighted by Gasteiger charge is -2.08. The number of ether oxygens (including phenoxy) is 1. The van der Waals surface area contributed by atoms with E-state index in [-0.39, 0.29) is 11.3 Å². The van der Waals surface area contributed by atoms with Crippen LogP contribution < -0.4 is 10.1 Å². The number of anilines is 1. The third-order valence-corrected chi connectivity index (χ3v) is 2.55. The molecule has 0 saturated carbocycles. The van der Waals surface area contributed by atoms with Crippen molar-refractivity contribution in [3.63, 3.8) is 0 Å². The minimum Gasteiger partial charge on any atom is -0.507 e. The van der Waals surface area contributed by atoms with E-state index in [1.165, 1.54) is 6.07 Å². The Morgan fingerprint density at radius 3 is 2.58 bits per heavy atom. The van der Waals surface area contributed by atoms with E-state index in [9.17, 15) is 9.90 Å². The van der Waals surface area contributed by atoms with Crippen LogP contribution in [0.3, 0.4) is 0 Å². The van der Waals surface area contributed by atoms with Gasteiger partial charge >= 0.3 is 5.97 Å². The van der Waals surface area contributed by atoms with E-state index >= 15 is 0 Å². The van der Waals surface area contributed by atoms with Gasteiger partial charge in [0.15, 0.2) is 0 Å². The number of aromatic hydroxyl groups is 1. The van der Waals surface area contributed by atoms with Crippen molar-refractivity contribution in [2.45, 2.75) is 6.92 Å². The first-order valence-electron chi connectivity index (χ1n) is 6.05. The van der Waals surface area contributed by atoms with Crippen molar-refractivity contribution in [3.05, 3.63) is 54.1 Å². The summed E-state index contributed by atoms with van der Waals surface area (Å²) in [5.41, 5.74) is 0.904. The highest BCUT2D eigenvalue weighted by molar-refractivity contribution is 5.94.